The van der Waals surface area contributed by atoms with Gasteiger partial charge in [0.15, 0.2) is 0 Å². The van der Waals surface area contributed by atoms with Crippen molar-refractivity contribution in [2.24, 2.45) is 5.92 Å². The molecule has 0 radical (unpaired) electrons. The van der Waals surface area contributed by atoms with E-state index in [4.69, 9.17) is 0 Å². The van der Waals surface area contributed by atoms with Crippen LogP contribution in [0.3, 0.4) is 0 Å². The second-order valence-electron chi connectivity index (χ2n) is 5.87. The number of hydrogen-bond donors (Lipinski definition) is 1. The highest BCUT2D eigenvalue weighted by molar-refractivity contribution is 5.28. The van der Waals surface area contributed by atoms with Gasteiger partial charge in [-0.2, -0.15) is 0 Å². The van der Waals surface area contributed by atoms with Gasteiger partial charge in [-0.15, -0.1) is 0 Å². The summed E-state index contributed by atoms with van der Waals surface area (Å²) in [5.74, 6) is 0.983. The first kappa shape index (κ1) is 13.6. The van der Waals surface area contributed by atoms with Gasteiger partial charge in [-0.3, -0.25) is 0 Å². The first-order chi connectivity index (χ1) is 8.70. The third-order valence-corrected chi connectivity index (χ3v) is 4.56. The average molecular weight is 245 g/mol. The first-order valence-electron chi connectivity index (χ1n) is 7.52. The Balaban J connectivity index is 1.89. The van der Waals surface area contributed by atoms with Crippen molar-refractivity contribution in [3.63, 3.8) is 0 Å². The molecule has 1 atom stereocenters. The zero-order valence-corrected chi connectivity index (χ0v) is 12.1. The summed E-state index contributed by atoms with van der Waals surface area (Å²) in [6.07, 6.45) is 6.90. The van der Waals surface area contributed by atoms with Gasteiger partial charge in [0.05, 0.1) is 0 Å². The summed E-state index contributed by atoms with van der Waals surface area (Å²) in [4.78, 5) is 0. The van der Waals surface area contributed by atoms with Crippen molar-refractivity contribution < 1.29 is 0 Å². The van der Waals surface area contributed by atoms with Crippen LogP contribution in [0.15, 0.2) is 24.3 Å². The molecule has 0 saturated heterocycles. The first-order valence-corrected chi connectivity index (χ1v) is 7.52. The van der Waals surface area contributed by atoms with Crippen LogP contribution in [0, 0.1) is 12.8 Å². The fourth-order valence-corrected chi connectivity index (χ4v) is 3.25. The van der Waals surface area contributed by atoms with Crippen LogP contribution in [0.25, 0.3) is 0 Å². The Hall–Kier alpha value is -0.820. The highest BCUT2D eigenvalue weighted by Gasteiger charge is 2.21. The van der Waals surface area contributed by atoms with Crippen molar-refractivity contribution in [3.05, 3.63) is 35.4 Å². The standard InChI is InChI=1S/C17H27N/c1-4-15-9-11-16(12-10-15)18-14(3)17-8-6-5-7-13(17)2/h5-8,14-16,18H,4,9-12H2,1-3H3. The third kappa shape index (κ3) is 3.35. The molecule has 2 rings (SSSR count). The van der Waals surface area contributed by atoms with Crippen LogP contribution < -0.4 is 5.32 Å². The van der Waals surface area contributed by atoms with E-state index in [9.17, 15) is 0 Å². The van der Waals surface area contributed by atoms with E-state index in [1.165, 1.54) is 43.2 Å². The van der Waals surface area contributed by atoms with Gasteiger partial charge in [0.25, 0.3) is 0 Å². The maximum atomic E-state index is 3.82. The molecule has 0 heterocycles. The lowest BCUT2D eigenvalue weighted by atomic mass is 9.84. The summed E-state index contributed by atoms with van der Waals surface area (Å²) in [5, 5.41) is 3.82. The maximum absolute atomic E-state index is 3.82. The number of rotatable bonds is 4. The number of benzene rings is 1. The van der Waals surface area contributed by atoms with E-state index in [0.29, 0.717) is 6.04 Å². The number of nitrogens with one attached hydrogen (secondary N) is 1. The molecule has 18 heavy (non-hydrogen) atoms. The molecule has 1 aliphatic rings. The van der Waals surface area contributed by atoms with E-state index in [2.05, 4.69) is 50.4 Å². The van der Waals surface area contributed by atoms with Gasteiger partial charge in [0.1, 0.15) is 0 Å². The molecule has 1 unspecified atom stereocenters. The summed E-state index contributed by atoms with van der Waals surface area (Å²) in [7, 11) is 0. The molecule has 1 aromatic rings. The highest BCUT2D eigenvalue weighted by Crippen LogP contribution is 2.28. The van der Waals surface area contributed by atoms with Gasteiger partial charge in [0, 0.05) is 12.1 Å². The Morgan fingerprint density at radius 1 is 1.17 bits per heavy atom. The minimum Gasteiger partial charge on any atom is -0.307 e. The van der Waals surface area contributed by atoms with E-state index in [1.807, 2.05) is 0 Å². The molecule has 0 spiro atoms. The topological polar surface area (TPSA) is 12.0 Å². The molecule has 1 aromatic carbocycles. The summed E-state index contributed by atoms with van der Waals surface area (Å²) < 4.78 is 0. The average Bonchev–Trinajstić information content (AvgIpc) is 2.40. The predicted molar refractivity (Wildman–Crippen MR) is 78.8 cm³/mol. The van der Waals surface area contributed by atoms with Crippen molar-refractivity contribution >= 4 is 0 Å². The van der Waals surface area contributed by atoms with Crippen LogP contribution >= 0.6 is 0 Å². The van der Waals surface area contributed by atoms with Gasteiger partial charge < -0.3 is 5.32 Å². The molecule has 100 valence electrons. The third-order valence-electron chi connectivity index (χ3n) is 4.56. The summed E-state index contributed by atoms with van der Waals surface area (Å²) in [6.45, 7) is 6.84. The van der Waals surface area contributed by atoms with Gasteiger partial charge in [-0.1, -0.05) is 37.6 Å². The highest BCUT2D eigenvalue weighted by atomic mass is 14.9. The largest absolute Gasteiger partial charge is 0.307 e. The molecule has 0 amide bonds. The molecule has 1 nitrogen and oxygen atoms in total. The number of hydrogen-bond acceptors (Lipinski definition) is 1. The fourth-order valence-electron chi connectivity index (χ4n) is 3.25. The van der Waals surface area contributed by atoms with E-state index in [1.54, 1.807) is 0 Å². The van der Waals surface area contributed by atoms with Crippen LogP contribution in [-0.2, 0) is 0 Å². The quantitative estimate of drug-likeness (QED) is 0.816. The second-order valence-corrected chi connectivity index (χ2v) is 5.87. The fraction of sp³-hybridized carbons (Fsp3) is 0.647. The smallest absolute Gasteiger partial charge is 0.0296 e. The van der Waals surface area contributed by atoms with Crippen LogP contribution in [-0.4, -0.2) is 6.04 Å². The monoisotopic (exact) mass is 245 g/mol. The lowest BCUT2D eigenvalue weighted by Crippen LogP contribution is -2.35. The van der Waals surface area contributed by atoms with Gasteiger partial charge in [0.2, 0.25) is 0 Å². The summed E-state index contributed by atoms with van der Waals surface area (Å²) in [6, 6.07) is 9.94. The van der Waals surface area contributed by atoms with Gasteiger partial charge in [-0.25, -0.2) is 0 Å². The molecular weight excluding hydrogens is 218 g/mol. The van der Waals surface area contributed by atoms with Crippen LogP contribution in [0.4, 0.5) is 0 Å². The van der Waals surface area contributed by atoms with E-state index >= 15 is 0 Å². The Labute approximate surface area is 112 Å². The lowest BCUT2D eigenvalue weighted by Gasteiger charge is -2.31. The summed E-state index contributed by atoms with van der Waals surface area (Å²) in [5.41, 5.74) is 2.86. The molecule has 1 aliphatic carbocycles. The number of aryl methyl sites for hydroxylation is 1. The summed E-state index contributed by atoms with van der Waals surface area (Å²) >= 11 is 0. The Morgan fingerprint density at radius 2 is 1.83 bits per heavy atom. The molecule has 1 N–H and O–H groups in total. The molecule has 0 aromatic heterocycles. The lowest BCUT2D eigenvalue weighted by molar-refractivity contribution is 0.273. The van der Waals surface area contributed by atoms with E-state index < -0.39 is 0 Å². The van der Waals surface area contributed by atoms with Crippen molar-refractivity contribution in [2.45, 2.75) is 65.0 Å². The second kappa shape index (κ2) is 6.38. The Morgan fingerprint density at radius 3 is 2.44 bits per heavy atom. The molecule has 1 saturated carbocycles. The van der Waals surface area contributed by atoms with Crippen LogP contribution in [0.5, 0.6) is 0 Å². The predicted octanol–water partition coefficient (Wildman–Crippen LogP) is 4.61. The van der Waals surface area contributed by atoms with Crippen molar-refractivity contribution in [2.75, 3.05) is 0 Å². The van der Waals surface area contributed by atoms with Crippen molar-refractivity contribution in [1.82, 2.24) is 5.32 Å². The molecule has 0 bridgehead atoms. The van der Waals surface area contributed by atoms with Gasteiger partial charge >= 0.3 is 0 Å². The molecule has 1 fully saturated rings. The Bertz CT molecular complexity index is 364. The van der Waals surface area contributed by atoms with Gasteiger partial charge in [-0.05, 0) is 56.6 Å². The minimum absolute atomic E-state index is 0.481. The van der Waals surface area contributed by atoms with E-state index in [-0.39, 0.29) is 0 Å². The van der Waals surface area contributed by atoms with Crippen molar-refractivity contribution in [1.29, 1.82) is 0 Å². The minimum atomic E-state index is 0.481. The normalized spacial score (nSPS) is 25.9. The van der Waals surface area contributed by atoms with E-state index in [0.717, 1.165) is 12.0 Å². The van der Waals surface area contributed by atoms with Crippen molar-refractivity contribution in [3.8, 4) is 0 Å². The molecule has 1 heteroatoms. The molecular formula is C17H27N. The Kier molecular flexibility index (Phi) is 4.82. The SMILES string of the molecule is CCC1CCC(NC(C)c2ccccc2C)CC1. The van der Waals surface area contributed by atoms with Crippen LogP contribution in [0.1, 0.15) is 63.1 Å². The molecule has 0 aliphatic heterocycles. The van der Waals surface area contributed by atoms with Crippen LogP contribution in [0.2, 0.25) is 0 Å². The zero-order valence-electron chi connectivity index (χ0n) is 12.1. The zero-order chi connectivity index (χ0) is 13.0. The maximum Gasteiger partial charge on any atom is 0.0296 e.